The molecule has 1 aliphatic rings. The van der Waals surface area contributed by atoms with Gasteiger partial charge >= 0.3 is 0 Å². The number of primary amides is 1. The average Bonchev–Trinajstić information content (AvgIpc) is 2.64. The summed E-state index contributed by atoms with van der Waals surface area (Å²) in [7, 11) is 0. The number of ether oxygens (including phenoxy) is 1. The molecule has 3 rings (SSSR count). The molecule has 126 valence electrons. The van der Waals surface area contributed by atoms with Crippen molar-refractivity contribution in [3.63, 3.8) is 0 Å². The first-order chi connectivity index (χ1) is 11.7. The number of amides is 1. The van der Waals surface area contributed by atoms with E-state index in [0.717, 1.165) is 31.6 Å². The van der Waals surface area contributed by atoms with Crippen LogP contribution in [0.3, 0.4) is 0 Å². The molecule has 4 heteroatoms. The van der Waals surface area contributed by atoms with Crippen molar-refractivity contribution >= 4 is 5.91 Å². The molecule has 2 aromatic carbocycles. The zero-order valence-electron chi connectivity index (χ0n) is 13.8. The Balaban J connectivity index is 1.81. The second-order valence-electron chi connectivity index (χ2n) is 6.39. The maximum atomic E-state index is 11.9. The minimum atomic E-state index is -0.477. The third-order valence-electron chi connectivity index (χ3n) is 4.90. The molecule has 1 heterocycles. The highest BCUT2D eigenvalue weighted by Crippen LogP contribution is 2.34. The van der Waals surface area contributed by atoms with E-state index in [1.165, 1.54) is 5.56 Å². The second kappa shape index (κ2) is 7.60. The molecular formula is C20H24N2O2. The average molecular weight is 324 g/mol. The Morgan fingerprint density at radius 1 is 1.04 bits per heavy atom. The third kappa shape index (κ3) is 3.66. The number of hydrogen-bond donors (Lipinski definition) is 2. The normalized spacial score (nSPS) is 18.0. The predicted octanol–water partition coefficient (Wildman–Crippen LogP) is 2.55. The zero-order valence-corrected chi connectivity index (χ0v) is 13.8. The van der Waals surface area contributed by atoms with Crippen LogP contribution >= 0.6 is 0 Å². The molecule has 1 saturated heterocycles. The summed E-state index contributed by atoms with van der Waals surface area (Å²) >= 11 is 0. The molecule has 2 aromatic rings. The number of carbonyl (C=O) groups is 1. The lowest BCUT2D eigenvalue weighted by Crippen LogP contribution is -2.46. The van der Waals surface area contributed by atoms with Crippen LogP contribution in [0.5, 0.6) is 0 Å². The number of carbonyl (C=O) groups excluding carboxylic acids is 1. The van der Waals surface area contributed by atoms with Gasteiger partial charge in [-0.3, -0.25) is 4.79 Å². The minimum absolute atomic E-state index is 0.0258. The second-order valence-corrected chi connectivity index (χ2v) is 6.39. The van der Waals surface area contributed by atoms with Gasteiger partial charge in [0, 0.05) is 25.2 Å². The number of nitrogens with two attached hydrogens (primary N) is 1. The fourth-order valence-corrected chi connectivity index (χ4v) is 3.45. The standard InChI is InChI=1S/C20H24N2O2/c21-19(23)18(16-7-3-1-4-8-16)22-15-20(11-13-24-14-12-20)17-9-5-2-6-10-17/h1-10,18,22H,11-15H2,(H2,21,23)/t18-/m1/s1. The van der Waals surface area contributed by atoms with Gasteiger partial charge in [0.25, 0.3) is 0 Å². The van der Waals surface area contributed by atoms with Crippen LogP contribution in [0.1, 0.15) is 30.0 Å². The molecule has 0 unspecified atom stereocenters. The van der Waals surface area contributed by atoms with E-state index in [-0.39, 0.29) is 11.3 Å². The first-order valence-corrected chi connectivity index (χ1v) is 8.42. The largest absolute Gasteiger partial charge is 0.381 e. The molecule has 0 aliphatic carbocycles. The molecule has 0 saturated carbocycles. The van der Waals surface area contributed by atoms with Crippen LogP contribution in [-0.4, -0.2) is 25.7 Å². The van der Waals surface area contributed by atoms with Crippen molar-refractivity contribution < 1.29 is 9.53 Å². The van der Waals surface area contributed by atoms with Gasteiger partial charge in [-0.05, 0) is 24.0 Å². The van der Waals surface area contributed by atoms with E-state index < -0.39 is 6.04 Å². The topological polar surface area (TPSA) is 64.4 Å². The summed E-state index contributed by atoms with van der Waals surface area (Å²) in [5.74, 6) is -0.350. The first-order valence-electron chi connectivity index (χ1n) is 8.42. The molecule has 0 bridgehead atoms. The van der Waals surface area contributed by atoms with Crippen LogP contribution in [0.4, 0.5) is 0 Å². The summed E-state index contributed by atoms with van der Waals surface area (Å²) in [4.78, 5) is 11.9. The van der Waals surface area contributed by atoms with Crippen LogP contribution in [0.2, 0.25) is 0 Å². The van der Waals surface area contributed by atoms with Crippen LogP contribution in [0, 0.1) is 0 Å². The van der Waals surface area contributed by atoms with Gasteiger partial charge in [-0.1, -0.05) is 60.7 Å². The zero-order chi connectivity index (χ0) is 16.8. The Bertz CT molecular complexity index is 652. The van der Waals surface area contributed by atoms with Crippen molar-refractivity contribution in [2.45, 2.75) is 24.3 Å². The van der Waals surface area contributed by atoms with Gasteiger partial charge < -0.3 is 15.8 Å². The quantitative estimate of drug-likeness (QED) is 0.858. The number of hydrogen-bond acceptors (Lipinski definition) is 3. The maximum absolute atomic E-state index is 11.9. The Morgan fingerprint density at radius 3 is 2.21 bits per heavy atom. The summed E-state index contributed by atoms with van der Waals surface area (Å²) < 4.78 is 5.57. The van der Waals surface area contributed by atoms with Gasteiger partial charge in [0.05, 0.1) is 0 Å². The molecule has 0 radical (unpaired) electrons. The van der Waals surface area contributed by atoms with Crippen molar-refractivity contribution in [2.75, 3.05) is 19.8 Å². The summed E-state index contributed by atoms with van der Waals surface area (Å²) in [5.41, 5.74) is 7.81. The van der Waals surface area contributed by atoms with E-state index in [2.05, 4.69) is 29.6 Å². The van der Waals surface area contributed by atoms with E-state index in [1.807, 2.05) is 36.4 Å². The van der Waals surface area contributed by atoms with Crippen molar-refractivity contribution in [3.8, 4) is 0 Å². The van der Waals surface area contributed by atoms with E-state index in [4.69, 9.17) is 10.5 Å². The fourth-order valence-electron chi connectivity index (χ4n) is 3.45. The van der Waals surface area contributed by atoms with Crippen molar-refractivity contribution in [1.82, 2.24) is 5.32 Å². The Labute approximate surface area is 143 Å². The van der Waals surface area contributed by atoms with Crippen molar-refractivity contribution in [2.24, 2.45) is 5.73 Å². The molecular weight excluding hydrogens is 300 g/mol. The number of nitrogens with one attached hydrogen (secondary N) is 1. The molecule has 24 heavy (non-hydrogen) atoms. The smallest absolute Gasteiger partial charge is 0.239 e. The summed E-state index contributed by atoms with van der Waals surface area (Å²) in [5, 5.41) is 3.41. The number of rotatable bonds is 6. The van der Waals surface area contributed by atoms with Crippen molar-refractivity contribution in [1.29, 1.82) is 0 Å². The summed E-state index contributed by atoms with van der Waals surface area (Å²) in [6.07, 6.45) is 1.87. The lowest BCUT2D eigenvalue weighted by molar-refractivity contribution is -0.120. The van der Waals surface area contributed by atoms with E-state index in [0.29, 0.717) is 6.54 Å². The molecule has 1 fully saturated rings. The molecule has 4 nitrogen and oxygen atoms in total. The van der Waals surface area contributed by atoms with E-state index >= 15 is 0 Å². The van der Waals surface area contributed by atoms with Gasteiger partial charge in [-0.15, -0.1) is 0 Å². The highest BCUT2D eigenvalue weighted by Gasteiger charge is 2.35. The SMILES string of the molecule is NC(=O)[C@H](NCC1(c2ccccc2)CCOCC1)c1ccccc1. The van der Waals surface area contributed by atoms with Crippen LogP contribution in [0.15, 0.2) is 60.7 Å². The van der Waals surface area contributed by atoms with Gasteiger partial charge in [-0.2, -0.15) is 0 Å². The van der Waals surface area contributed by atoms with Crippen LogP contribution in [0.25, 0.3) is 0 Å². The molecule has 1 atom stereocenters. The Hall–Kier alpha value is -2.17. The van der Waals surface area contributed by atoms with Crippen LogP contribution < -0.4 is 11.1 Å². The summed E-state index contributed by atoms with van der Waals surface area (Å²) in [6, 6.07) is 19.7. The monoisotopic (exact) mass is 324 g/mol. The lowest BCUT2D eigenvalue weighted by Gasteiger charge is -2.39. The molecule has 1 aliphatic heterocycles. The van der Waals surface area contributed by atoms with Crippen LogP contribution in [-0.2, 0) is 14.9 Å². The van der Waals surface area contributed by atoms with Gasteiger partial charge in [0.1, 0.15) is 6.04 Å². The Morgan fingerprint density at radius 2 is 1.62 bits per heavy atom. The van der Waals surface area contributed by atoms with Crippen molar-refractivity contribution in [3.05, 3.63) is 71.8 Å². The fraction of sp³-hybridized carbons (Fsp3) is 0.350. The van der Waals surface area contributed by atoms with Gasteiger partial charge in [0.15, 0.2) is 0 Å². The third-order valence-corrected chi connectivity index (χ3v) is 4.90. The highest BCUT2D eigenvalue weighted by molar-refractivity contribution is 5.81. The highest BCUT2D eigenvalue weighted by atomic mass is 16.5. The van der Waals surface area contributed by atoms with Gasteiger partial charge in [0.2, 0.25) is 5.91 Å². The number of benzene rings is 2. The summed E-state index contributed by atoms with van der Waals surface area (Å²) in [6.45, 7) is 2.18. The molecule has 3 N–H and O–H groups in total. The van der Waals surface area contributed by atoms with E-state index in [1.54, 1.807) is 0 Å². The van der Waals surface area contributed by atoms with E-state index in [9.17, 15) is 4.79 Å². The first kappa shape index (κ1) is 16.7. The molecule has 0 aromatic heterocycles. The molecule has 0 spiro atoms. The predicted molar refractivity (Wildman–Crippen MR) is 94.6 cm³/mol. The minimum Gasteiger partial charge on any atom is -0.381 e. The maximum Gasteiger partial charge on any atom is 0.239 e. The lowest BCUT2D eigenvalue weighted by atomic mass is 9.74. The van der Waals surface area contributed by atoms with Gasteiger partial charge in [-0.25, -0.2) is 0 Å². The molecule has 1 amide bonds. The Kier molecular flexibility index (Phi) is 5.28.